The van der Waals surface area contributed by atoms with Gasteiger partial charge in [0.1, 0.15) is 0 Å². The van der Waals surface area contributed by atoms with Gasteiger partial charge in [-0.3, -0.25) is 15.3 Å². The molecule has 0 aliphatic carbocycles. The van der Waals surface area contributed by atoms with Crippen molar-refractivity contribution >= 4 is 11.9 Å². The maximum atomic E-state index is 5.64. The zero-order chi connectivity index (χ0) is 12.2. The van der Waals surface area contributed by atoms with Gasteiger partial charge in [-0.25, -0.2) is 0 Å². The van der Waals surface area contributed by atoms with E-state index in [1.807, 2.05) is 6.92 Å². The molecule has 0 amide bonds. The van der Waals surface area contributed by atoms with Crippen molar-refractivity contribution in [3.05, 3.63) is 0 Å². The lowest BCUT2D eigenvalue weighted by Crippen LogP contribution is -2.41. The van der Waals surface area contributed by atoms with Gasteiger partial charge >= 0.3 is 0 Å². The standard InChI is InChI=1S/C11H25N5/c1-3-5-6-7-9-15-11(13)16-10(12)14-8-4-2/h3-9H2,1-2H3,(H5,12,13,14,15,16). The van der Waals surface area contributed by atoms with Gasteiger partial charge in [-0.15, -0.1) is 0 Å². The lowest BCUT2D eigenvalue weighted by Gasteiger charge is -2.04. The molecule has 0 atom stereocenters. The number of aliphatic imine (C=N–C) groups is 2. The highest BCUT2D eigenvalue weighted by Crippen LogP contribution is 1.98. The molecule has 0 aliphatic rings. The minimum Gasteiger partial charge on any atom is -0.370 e. The van der Waals surface area contributed by atoms with Gasteiger partial charge in [-0.05, 0) is 12.8 Å². The van der Waals surface area contributed by atoms with Gasteiger partial charge in [0.05, 0.1) is 0 Å². The highest BCUT2D eigenvalue weighted by Gasteiger charge is 1.94. The van der Waals surface area contributed by atoms with Gasteiger partial charge in [0.25, 0.3) is 0 Å². The highest BCUT2D eigenvalue weighted by molar-refractivity contribution is 5.96. The number of nitrogens with two attached hydrogens (primary N) is 2. The zero-order valence-electron chi connectivity index (χ0n) is 10.5. The number of nitrogens with zero attached hydrogens (tertiary/aromatic N) is 2. The van der Waals surface area contributed by atoms with Crippen molar-refractivity contribution in [2.75, 3.05) is 13.1 Å². The molecule has 0 aromatic rings. The minimum atomic E-state index is 0.344. The third-order valence-electron chi connectivity index (χ3n) is 2.06. The second-order valence-corrected chi connectivity index (χ2v) is 3.72. The summed E-state index contributed by atoms with van der Waals surface area (Å²) >= 11 is 0. The van der Waals surface area contributed by atoms with Crippen LogP contribution in [0.15, 0.2) is 9.98 Å². The van der Waals surface area contributed by atoms with E-state index in [-0.39, 0.29) is 0 Å². The Morgan fingerprint density at radius 1 is 0.875 bits per heavy atom. The Balaban J connectivity index is 3.69. The SMILES string of the molecule is CCCCCCN=C(N)NC(N)=NCCC. The van der Waals surface area contributed by atoms with Crippen molar-refractivity contribution in [2.45, 2.75) is 46.0 Å². The fourth-order valence-corrected chi connectivity index (χ4v) is 1.18. The average Bonchev–Trinajstić information content (AvgIpc) is 2.26. The second kappa shape index (κ2) is 10.3. The van der Waals surface area contributed by atoms with E-state index in [4.69, 9.17) is 11.5 Å². The summed E-state index contributed by atoms with van der Waals surface area (Å²) in [5, 5.41) is 2.76. The summed E-state index contributed by atoms with van der Waals surface area (Å²) in [5.41, 5.74) is 11.2. The van der Waals surface area contributed by atoms with Crippen LogP contribution < -0.4 is 16.8 Å². The van der Waals surface area contributed by atoms with Gasteiger partial charge in [-0.2, -0.15) is 0 Å². The maximum Gasteiger partial charge on any atom is 0.195 e. The number of hydrogen-bond acceptors (Lipinski definition) is 2. The van der Waals surface area contributed by atoms with E-state index in [1.165, 1.54) is 19.3 Å². The number of rotatable bonds is 7. The molecule has 0 aliphatic heterocycles. The van der Waals surface area contributed by atoms with Crippen molar-refractivity contribution in [3.63, 3.8) is 0 Å². The Morgan fingerprint density at radius 2 is 1.50 bits per heavy atom. The third kappa shape index (κ3) is 9.30. The van der Waals surface area contributed by atoms with E-state index in [2.05, 4.69) is 22.2 Å². The summed E-state index contributed by atoms with van der Waals surface area (Å²) in [6.45, 7) is 5.69. The largest absolute Gasteiger partial charge is 0.370 e. The molecule has 0 radical (unpaired) electrons. The summed E-state index contributed by atoms with van der Waals surface area (Å²) in [6.07, 6.45) is 5.72. The molecule has 0 spiro atoms. The quantitative estimate of drug-likeness (QED) is 0.347. The molecule has 0 fully saturated rings. The first-order valence-corrected chi connectivity index (χ1v) is 6.07. The van der Waals surface area contributed by atoms with Crippen molar-refractivity contribution in [3.8, 4) is 0 Å². The summed E-state index contributed by atoms with van der Waals surface area (Å²) in [7, 11) is 0. The molecule has 5 nitrogen and oxygen atoms in total. The van der Waals surface area contributed by atoms with Crippen LogP contribution in [-0.4, -0.2) is 25.0 Å². The van der Waals surface area contributed by atoms with E-state index >= 15 is 0 Å². The first-order chi connectivity index (χ1) is 7.70. The van der Waals surface area contributed by atoms with Gasteiger partial charge in [0, 0.05) is 13.1 Å². The van der Waals surface area contributed by atoms with Crippen molar-refractivity contribution in [1.29, 1.82) is 0 Å². The second-order valence-electron chi connectivity index (χ2n) is 3.72. The normalized spacial score (nSPS) is 12.9. The lowest BCUT2D eigenvalue weighted by molar-refractivity contribution is 0.674. The fourth-order valence-electron chi connectivity index (χ4n) is 1.18. The molecular weight excluding hydrogens is 202 g/mol. The monoisotopic (exact) mass is 227 g/mol. The maximum absolute atomic E-state index is 5.64. The van der Waals surface area contributed by atoms with E-state index in [0.717, 1.165) is 19.4 Å². The summed E-state index contributed by atoms with van der Waals surface area (Å²) in [6, 6.07) is 0. The summed E-state index contributed by atoms with van der Waals surface area (Å²) in [4.78, 5) is 8.23. The fraction of sp³-hybridized carbons (Fsp3) is 0.818. The molecular formula is C11H25N5. The smallest absolute Gasteiger partial charge is 0.195 e. The molecule has 0 bridgehead atoms. The molecule has 0 aromatic carbocycles. The number of hydrogen-bond donors (Lipinski definition) is 3. The van der Waals surface area contributed by atoms with Crippen LogP contribution >= 0.6 is 0 Å². The molecule has 0 aromatic heterocycles. The van der Waals surface area contributed by atoms with Crippen molar-refractivity contribution < 1.29 is 0 Å². The zero-order valence-corrected chi connectivity index (χ0v) is 10.5. The number of nitrogens with one attached hydrogen (secondary N) is 1. The average molecular weight is 227 g/mol. The molecule has 0 unspecified atom stereocenters. The lowest BCUT2D eigenvalue weighted by atomic mass is 10.2. The van der Waals surface area contributed by atoms with Crippen LogP contribution in [0, 0.1) is 0 Å². The van der Waals surface area contributed by atoms with Crippen molar-refractivity contribution in [1.82, 2.24) is 5.32 Å². The molecule has 0 saturated heterocycles. The Morgan fingerprint density at radius 3 is 2.06 bits per heavy atom. The third-order valence-corrected chi connectivity index (χ3v) is 2.06. The van der Waals surface area contributed by atoms with Crippen LogP contribution in [0.5, 0.6) is 0 Å². The number of unbranched alkanes of at least 4 members (excludes halogenated alkanes) is 3. The molecule has 0 rings (SSSR count). The molecule has 0 saturated carbocycles. The minimum absolute atomic E-state index is 0.344. The van der Waals surface area contributed by atoms with Gasteiger partial charge in [-0.1, -0.05) is 33.1 Å². The van der Waals surface area contributed by atoms with Crippen LogP contribution in [-0.2, 0) is 0 Å². The molecule has 16 heavy (non-hydrogen) atoms. The van der Waals surface area contributed by atoms with Crippen LogP contribution in [0.25, 0.3) is 0 Å². The predicted molar refractivity (Wildman–Crippen MR) is 70.5 cm³/mol. The van der Waals surface area contributed by atoms with E-state index < -0.39 is 0 Å². The molecule has 0 heterocycles. The van der Waals surface area contributed by atoms with E-state index in [9.17, 15) is 0 Å². The molecule has 94 valence electrons. The van der Waals surface area contributed by atoms with Crippen LogP contribution in [0.3, 0.4) is 0 Å². The first-order valence-electron chi connectivity index (χ1n) is 6.07. The highest BCUT2D eigenvalue weighted by atomic mass is 15.2. The predicted octanol–water partition coefficient (Wildman–Crippen LogP) is 1.20. The topological polar surface area (TPSA) is 88.8 Å². The molecule has 5 heteroatoms. The Kier molecular flexibility index (Phi) is 9.46. The van der Waals surface area contributed by atoms with Crippen LogP contribution in [0.1, 0.15) is 46.0 Å². The first kappa shape index (κ1) is 14.7. The Labute approximate surface area is 98.4 Å². The van der Waals surface area contributed by atoms with E-state index in [1.54, 1.807) is 0 Å². The summed E-state index contributed by atoms with van der Waals surface area (Å²) < 4.78 is 0. The summed E-state index contributed by atoms with van der Waals surface area (Å²) in [5.74, 6) is 0.700. The van der Waals surface area contributed by atoms with Gasteiger partial charge in [0.15, 0.2) is 11.9 Å². The van der Waals surface area contributed by atoms with E-state index in [0.29, 0.717) is 18.5 Å². The van der Waals surface area contributed by atoms with Gasteiger partial charge < -0.3 is 11.5 Å². The Bertz CT molecular complexity index is 222. The van der Waals surface area contributed by atoms with Crippen LogP contribution in [0.2, 0.25) is 0 Å². The molecule has 5 N–H and O–H groups in total. The van der Waals surface area contributed by atoms with Gasteiger partial charge in [0.2, 0.25) is 0 Å². The van der Waals surface area contributed by atoms with Crippen LogP contribution in [0.4, 0.5) is 0 Å². The number of guanidine groups is 2. The van der Waals surface area contributed by atoms with Crippen molar-refractivity contribution in [2.24, 2.45) is 21.5 Å². The Hall–Kier alpha value is -1.26.